The maximum absolute atomic E-state index is 11.7. The van der Waals surface area contributed by atoms with E-state index in [1.165, 1.54) is 19.2 Å². The van der Waals surface area contributed by atoms with Crippen molar-refractivity contribution in [1.29, 1.82) is 0 Å². The molecule has 0 unspecified atom stereocenters. The van der Waals surface area contributed by atoms with Gasteiger partial charge in [0.1, 0.15) is 6.33 Å². The lowest BCUT2D eigenvalue weighted by atomic mass is 10.1. The highest BCUT2D eigenvalue weighted by Crippen LogP contribution is 2.35. The minimum atomic E-state index is -0.486. The molecular formula is C17H19Cl2N5O2. The molecule has 0 aliphatic heterocycles. The molecule has 26 heavy (non-hydrogen) atoms. The van der Waals surface area contributed by atoms with E-state index >= 15 is 0 Å². The molecule has 0 atom stereocenters. The average Bonchev–Trinajstić information content (AvgIpc) is 2.87. The molecule has 0 saturated heterocycles. The molecule has 1 aliphatic rings. The van der Waals surface area contributed by atoms with Crippen LogP contribution in [0.4, 0.5) is 23.0 Å². The molecule has 0 spiro atoms. The maximum atomic E-state index is 11.7. The number of benzene rings is 1. The number of halogens is 2. The normalized spacial score (nSPS) is 15.3. The lowest BCUT2D eigenvalue weighted by molar-refractivity contribution is -0.383. The third-order valence-corrected chi connectivity index (χ3v) is 4.95. The van der Waals surface area contributed by atoms with Gasteiger partial charge in [0.25, 0.3) is 0 Å². The first kappa shape index (κ1) is 18.7. The van der Waals surface area contributed by atoms with E-state index in [2.05, 4.69) is 20.6 Å². The van der Waals surface area contributed by atoms with Crippen LogP contribution in [-0.2, 0) is 0 Å². The van der Waals surface area contributed by atoms with Gasteiger partial charge in [-0.15, -0.1) is 0 Å². The fourth-order valence-electron chi connectivity index (χ4n) is 3.09. The molecule has 138 valence electrons. The summed E-state index contributed by atoms with van der Waals surface area (Å²) in [4.78, 5) is 19.3. The molecule has 7 nitrogen and oxygen atoms in total. The summed E-state index contributed by atoms with van der Waals surface area (Å²) in [5.41, 5.74) is 0.245. The number of nitrogens with zero attached hydrogens (tertiary/aromatic N) is 3. The van der Waals surface area contributed by atoms with Gasteiger partial charge in [0.05, 0.1) is 15.6 Å². The van der Waals surface area contributed by atoms with Crippen molar-refractivity contribution in [2.24, 2.45) is 0 Å². The Bertz CT molecular complexity index is 795. The van der Waals surface area contributed by atoms with Crippen molar-refractivity contribution < 1.29 is 4.92 Å². The van der Waals surface area contributed by atoms with Gasteiger partial charge in [-0.3, -0.25) is 10.1 Å². The molecule has 1 aromatic heterocycles. The van der Waals surface area contributed by atoms with Crippen LogP contribution in [0.2, 0.25) is 10.0 Å². The highest BCUT2D eigenvalue weighted by atomic mass is 35.5. The molecular weight excluding hydrogens is 377 g/mol. The van der Waals surface area contributed by atoms with Crippen molar-refractivity contribution in [3.05, 3.63) is 44.7 Å². The topological polar surface area (TPSA) is 93.0 Å². The van der Waals surface area contributed by atoms with Crippen molar-refractivity contribution in [2.75, 3.05) is 10.6 Å². The molecule has 1 fully saturated rings. The average molecular weight is 396 g/mol. The Morgan fingerprint density at radius 1 is 1.08 bits per heavy atom. The number of hydrogen-bond donors (Lipinski definition) is 2. The SMILES string of the molecule is O=[N+]([O-])c1c(Nc2cc(Cl)ccc2Cl)ncnc1NC1CCCCCC1. The molecule has 2 N–H and O–H groups in total. The van der Waals surface area contributed by atoms with Gasteiger partial charge in [-0.1, -0.05) is 48.9 Å². The Balaban J connectivity index is 1.90. The summed E-state index contributed by atoms with van der Waals surface area (Å²) < 4.78 is 0. The summed E-state index contributed by atoms with van der Waals surface area (Å²) in [6.07, 6.45) is 7.87. The summed E-state index contributed by atoms with van der Waals surface area (Å²) in [5.74, 6) is 0.294. The largest absolute Gasteiger partial charge is 0.361 e. The molecule has 1 saturated carbocycles. The van der Waals surface area contributed by atoms with Crippen LogP contribution in [0.3, 0.4) is 0 Å². The Morgan fingerprint density at radius 3 is 2.46 bits per heavy atom. The molecule has 1 heterocycles. The van der Waals surface area contributed by atoms with Gasteiger partial charge in [-0.2, -0.15) is 0 Å². The third-order valence-electron chi connectivity index (χ3n) is 4.38. The fraction of sp³-hybridized carbons (Fsp3) is 0.412. The number of nitrogens with one attached hydrogen (secondary N) is 2. The number of hydrogen-bond acceptors (Lipinski definition) is 6. The Hall–Kier alpha value is -2.12. The molecule has 9 heteroatoms. The van der Waals surface area contributed by atoms with E-state index in [1.54, 1.807) is 18.2 Å². The van der Waals surface area contributed by atoms with Gasteiger partial charge in [0.2, 0.25) is 11.6 Å². The summed E-state index contributed by atoms with van der Waals surface area (Å²) >= 11 is 12.1. The second kappa shape index (κ2) is 8.51. The Morgan fingerprint density at radius 2 is 1.77 bits per heavy atom. The minimum Gasteiger partial charge on any atom is -0.361 e. The van der Waals surface area contributed by atoms with E-state index in [-0.39, 0.29) is 23.4 Å². The Kier molecular flexibility index (Phi) is 6.11. The minimum absolute atomic E-state index is 0.0743. The van der Waals surface area contributed by atoms with Crippen molar-refractivity contribution in [1.82, 2.24) is 9.97 Å². The van der Waals surface area contributed by atoms with E-state index in [4.69, 9.17) is 23.2 Å². The van der Waals surface area contributed by atoms with E-state index < -0.39 is 4.92 Å². The lowest BCUT2D eigenvalue weighted by Gasteiger charge is -2.17. The van der Waals surface area contributed by atoms with Crippen LogP contribution in [0, 0.1) is 10.1 Å². The second-order valence-electron chi connectivity index (χ2n) is 6.26. The fourth-order valence-corrected chi connectivity index (χ4v) is 3.42. The van der Waals surface area contributed by atoms with E-state index in [0.29, 0.717) is 15.7 Å². The van der Waals surface area contributed by atoms with Gasteiger partial charge in [-0.25, -0.2) is 9.97 Å². The lowest BCUT2D eigenvalue weighted by Crippen LogP contribution is -2.20. The number of anilines is 3. The van der Waals surface area contributed by atoms with Gasteiger partial charge in [0.15, 0.2) is 0 Å². The van der Waals surface area contributed by atoms with Crippen molar-refractivity contribution >= 4 is 46.2 Å². The predicted octanol–water partition coefficient (Wildman–Crippen LogP) is 5.57. The monoisotopic (exact) mass is 395 g/mol. The number of aromatic nitrogens is 2. The zero-order valence-corrected chi connectivity index (χ0v) is 15.6. The van der Waals surface area contributed by atoms with Crippen LogP contribution >= 0.6 is 23.2 Å². The van der Waals surface area contributed by atoms with Gasteiger partial charge >= 0.3 is 5.69 Å². The Labute approximate surface area is 161 Å². The first-order valence-corrected chi connectivity index (χ1v) is 9.28. The standard InChI is InChI=1S/C17H19Cl2N5O2/c18-11-7-8-13(19)14(9-11)23-17-15(24(25)26)16(20-10-21-17)22-12-5-3-1-2-4-6-12/h7-10,12H,1-6H2,(H2,20,21,22,23). The van der Waals surface area contributed by atoms with Crippen LogP contribution in [0.15, 0.2) is 24.5 Å². The number of rotatable bonds is 5. The van der Waals surface area contributed by atoms with Crippen LogP contribution in [0.1, 0.15) is 38.5 Å². The first-order chi connectivity index (χ1) is 12.5. The predicted molar refractivity (Wildman–Crippen MR) is 104 cm³/mol. The first-order valence-electron chi connectivity index (χ1n) is 8.52. The molecule has 1 aliphatic carbocycles. The summed E-state index contributed by atoms with van der Waals surface area (Å²) in [5, 5.41) is 18.7. The van der Waals surface area contributed by atoms with Crippen molar-refractivity contribution in [3.63, 3.8) is 0 Å². The van der Waals surface area contributed by atoms with Crippen LogP contribution in [0.25, 0.3) is 0 Å². The molecule has 0 amide bonds. The zero-order chi connectivity index (χ0) is 18.5. The van der Waals surface area contributed by atoms with Gasteiger partial charge in [-0.05, 0) is 31.0 Å². The van der Waals surface area contributed by atoms with E-state index in [9.17, 15) is 10.1 Å². The smallest absolute Gasteiger partial charge is 0.353 e. The highest BCUT2D eigenvalue weighted by molar-refractivity contribution is 6.35. The number of nitro groups is 1. The van der Waals surface area contributed by atoms with Crippen LogP contribution in [-0.4, -0.2) is 20.9 Å². The van der Waals surface area contributed by atoms with Crippen LogP contribution in [0.5, 0.6) is 0 Å². The van der Waals surface area contributed by atoms with Gasteiger partial charge < -0.3 is 10.6 Å². The van der Waals surface area contributed by atoms with Crippen LogP contribution < -0.4 is 10.6 Å². The second-order valence-corrected chi connectivity index (χ2v) is 7.10. The van der Waals surface area contributed by atoms with Crippen molar-refractivity contribution in [3.8, 4) is 0 Å². The summed E-state index contributed by atoms with van der Waals surface area (Å²) in [7, 11) is 0. The third kappa shape index (κ3) is 4.53. The van der Waals surface area contributed by atoms with E-state index in [1.807, 2.05) is 0 Å². The quantitative estimate of drug-likeness (QED) is 0.390. The summed E-state index contributed by atoms with van der Waals surface area (Å²) in [6, 6.07) is 5.02. The van der Waals surface area contributed by atoms with Gasteiger partial charge in [0, 0.05) is 11.1 Å². The molecule has 3 rings (SSSR count). The molecule has 0 radical (unpaired) electrons. The van der Waals surface area contributed by atoms with E-state index in [0.717, 1.165) is 25.7 Å². The summed E-state index contributed by atoms with van der Waals surface area (Å²) in [6.45, 7) is 0. The highest BCUT2D eigenvalue weighted by Gasteiger charge is 2.25. The van der Waals surface area contributed by atoms with Crippen molar-refractivity contribution in [2.45, 2.75) is 44.6 Å². The maximum Gasteiger partial charge on any atom is 0.353 e. The molecule has 2 aromatic rings. The zero-order valence-electron chi connectivity index (χ0n) is 14.0. The molecule has 1 aromatic carbocycles. The molecule has 0 bridgehead atoms.